The van der Waals surface area contributed by atoms with E-state index in [1.54, 1.807) is 0 Å². The molecule has 0 aliphatic heterocycles. The average Bonchev–Trinajstić information content (AvgIpc) is 2.65. The zero-order chi connectivity index (χ0) is 21.3. The number of aliphatic carboxylic acids is 2. The third-order valence-electron chi connectivity index (χ3n) is 5.74. The van der Waals surface area contributed by atoms with E-state index < -0.39 is 23.5 Å². The van der Waals surface area contributed by atoms with Crippen molar-refractivity contribution in [2.45, 2.75) is 129 Å². The summed E-state index contributed by atoms with van der Waals surface area (Å²) < 4.78 is 0. The number of carboxylic acid groups (broad SMARTS) is 2. The lowest BCUT2D eigenvalue weighted by molar-refractivity contribution is -0.160. The van der Waals surface area contributed by atoms with Gasteiger partial charge in [-0.2, -0.15) is 0 Å². The van der Waals surface area contributed by atoms with Crippen LogP contribution in [-0.2, 0) is 9.59 Å². The van der Waals surface area contributed by atoms with Crippen LogP contribution in [0.25, 0.3) is 0 Å². The second-order valence-electron chi connectivity index (χ2n) is 8.34. The van der Waals surface area contributed by atoms with Gasteiger partial charge in [-0.3, -0.25) is 4.79 Å². The van der Waals surface area contributed by atoms with E-state index in [9.17, 15) is 24.9 Å². The van der Waals surface area contributed by atoms with Gasteiger partial charge in [0.2, 0.25) is 0 Å². The molecule has 5 heteroatoms. The molecule has 0 spiro atoms. The highest BCUT2D eigenvalue weighted by atomic mass is 16.4. The molecule has 0 amide bonds. The van der Waals surface area contributed by atoms with Crippen LogP contribution in [0.4, 0.5) is 0 Å². The summed E-state index contributed by atoms with van der Waals surface area (Å²) in [6, 6.07) is 0. The molecule has 0 radical (unpaired) electrons. The van der Waals surface area contributed by atoms with Crippen LogP contribution in [-0.4, -0.2) is 32.9 Å². The Bertz CT molecular complexity index is 410. The molecule has 0 fully saturated rings. The fraction of sp³-hybridized carbons (Fsp3) is 0.913. The smallest absolute Gasteiger partial charge is 0.335 e. The predicted octanol–water partition coefficient (Wildman–Crippen LogP) is 6.17. The van der Waals surface area contributed by atoms with Crippen LogP contribution < -0.4 is 0 Å². The second kappa shape index (κ2) is 16.8. The minimum Gasteiger partial charge on any atom is -0.481 e. The lowest BCUT2D eigenvalue weighted by atomic mass is 9.87. The van der Waals surface area contributed by atoms with Gasteiger partial charge in [0.25, 0.3) is 0 Å². The molecule has 28 heavy (non-hydrogen) atoms. The van der Waals surface area contributed by atoms with Crippen molar-refractivity contribution >= 4 is 11.9 Å². The number of carboxylic acids is 2. The predicted molar refractivity (Wildman–Crippen MR) is 114 cm³/mol. The normalized spacial score (nSPS) is 14.5. The highest BCUT2D eigenvalue weighted by Crippen LogP contribution is 2.26. The van der Waals surface area contributed by atoms with Gasteiger partial charge in [-0.05, 0) is 38.5 Å². The van der Waals surface area contributed by atoms with Gasteiger partial charge in [0.15, 0.2) is 5.60 Å². The van der Waals surface area contributed by atoms with Gasteiger partial charge < -0.3 is 15.3 Å². The topological polar surface area (TPSA) is 94.8 Å². The highest BCUT2D eigenvalue weighted by molar-refractivity contribution is 5.77. The Balaban J connectivity index is 4.21. The lowest BCUT2D eigenvalue weighted by Gasteiger charge is -2.24. The Labute approximate surface area is 171 Å². The lowest BCUT2D eigenvalue weighted by Crippen LogP contribution is -2.38. The summed E-state index contributed by atoms with van der Waals surface area (Å²) in [5.41, 5.74) is -1.71. The van der Waals surface area contributed by atoms with Crippen LogP contribution in [0, 0.1) is 5.92 Å². The van der Waals surface area contributed by atoms with Crippen LogP contribution in [0.3, 0.4) is 0 Å². The molecule has 2 unspecified atom stereocenters. The third-order valence-corrected chi connectivity index (χ3v) is 5.74. The molecular formula is C23H44O5. The number of hydrogen-bond acceptors (Lipinski definition) is 3. The van der Waals surface area contributed by atoms with Crippen LogP contribution in [0.15, 0.2) is 0 Å². The summed E-state index contributed by atoms with van der Waals surface area (Å²) in [6.45, 7) is 4.32. The van der Waals surface area contributed by atoms with Gasteiger partial charge in [-0.1, -0.05) is 84.5 Å². The van der Waals surface area contributed by atoms with Crippen molar-refractivity contribution in [3.05, 3.63) is 0 Å². The first-order valence-corrected chi connectivity index (χ1v) is 11.6. The minimum absolute atomic E-state index is 0.136. The molecular weight excluding hydrogens is 356 g/mol. The summed E-state index contributed by atoms with van der Waals surface area (Å²) >= 11 is 0. The van der Waals surface area contributed by atoms with Gasteiger partial charge in [0.05, 0.1) is 5.92 Å². The van der Waals surface area contributed by atoms with E-state index in [0.29, 0.717) is 25.7 Å². The van der Waals surface area contributed by atoms with Crippen molar-refractivity contribution in [2.75, 3.05) is 0 Å². The minimum atomic E-state index is -1.71. The zero-order valence-electron chi connectivity index (χ0n) is 18.3. The molecule has 2 atom stereocenters. The maximum Gasteiger partial charge on any atom is 0.335 e. The summed E-state index contributed by atoms with van der Waals surface area (Å²) in [7, 11) is 0. The van der Waals surface area contributed by atoms with Crippen molar-refractivity contribution < 1.29 is 24.9 Å². The Hall–Kier alpha value is -1.10. The largest absolute Gasteiger partial charge is 0.481 e. The van der Waals surface area contributed by atoms with Crippen LogP contribution in [0.1, 0.15) is 123 Å². The molecule has 0 bridgehead atoms. The SMILES string of the molecule is CCCCCCCCC(CCCC(O)(CCCCCCCC)C(=O)O)C(=O)O. The first-order valence-electron chi connectivity index (χ1n) is 11.6. The zero-order valence-corrected chi connectivity index (χ0v) is 18.3. The molecule has 0 saturated carbocycles. The first-order chi connectivity index (χ1) is 13.4. The number of aliphatic hydroxyl groups is 1. The van der Waals surface area contributed by atoms with Gasteiger partial charge in [0.1, 0.15) is 0 Å². The van der Waals surface area contributed by atoms with E-state index in [4.69, 9.17) is 0 Å². The van der Waals surface area contributed by atoms with E-state index in [1.165, 1.54) is 32.1 Å². The summed E-state index contributed by atoms with van der Waals surface area (Å²) in [5.74, 6) is -2.41. The van der Waals surface area contributed by atoms with E-state index in [0.717, 1.165) is 38.5 Å². The van der Waals surface area contributed by atoms with Crippen LogP contribution in [0.5, 0.6) is 0 Å². The van der Waals surface area contributed by atoms with E-state index >= 15 is 0 Å². The number of hydrogen-bond donors (Lipinski definition) is 3. The Morgan fingerprint density at radius 2 is 1.11 bits per heavy atom. The number of carbonyl (C=O) groups is 2. The van der Waals surface area contributed by atoms with Gasteiger partial charge >= 0.3 is 11.9 Å². The van der Waals surface area contributed by atoms with Gasteiger partial charge in [-0.15, -0.1) is 0 Å². The van der Waals surface area contributed by atoms with Crippen LogP contribution in [0.2, 0.25) is 0 Å². The van der Waals surface area contributed by atoms with Crippen LogP contribution >= 0.6 is 0 Å². The van der Waals surface area contributed by atoms with Crippen molar-refractivity contribution in [3.63, 3.8) is 0 Å². The molecule has 0 saturated heterocycles. The van der Waals surface area contributed by atoms with Crippen molar-refractivity contribution in [1.29, 1.82) is 0 Å². The van der Waals surface area contributed by atoms with Crippen molar-refractivity contribution in [2.24, 2.45) is 5.92 Å². The maximum absolute atomic E-state index is 11.5. The average molecular weight is 401 g/mol. The molecule has 0 rings (SSSR count). The van der Waals surface area contributed by atoms with Gasteiger partial charge in [0, 0.05) is 0 Å². The van der Waals surface area contributed by atoms with Crippen molar-refractivity contribution in [3.8, 4) is 0 Å². The Morgan fingerprint density at radius 3 is 1.61 bits per heavy atom. The molecule has 5 nitrogen and oxygen atoms in total. The van der Waals surface area contributed by atoms with E-state index in [1.807, 2.05) is 0 Å². The number of unbranched alkanes of at least 4 members (excludes halogenated alkanes) is 10. The highest BCUT2D eigenvalue weighted by Gasteiger charge is 2.35. The standard InChI is InChI=1S/C23H44O5/c1-3-5-7-9-11-13-16-20(21(24)25)17-15-19-23(28,22(26)27)18-14-12-10-8-6-4-2/h20,28H,3-19H2,1-2H3,(H,24,25)(H,26,27). The van der Waals surface area contributed by atoms with E-state index in [2.05, 4.69) is 13.8 Å². The monoisotopic (exact) mass is 400 g/mol. The molecule has 3 N–H and O–H groups in total. The molecule has 0 aromatic heterocycles. The summed E-state index contributed by atoms with van der Waals surface area (Å²) in [4.78, 5) is 23.0. The molecule has 0 aromatic rings. The molecule has 166 valence electrons. The van der Waals surface area contributed by atoms with E-state index in [-0.39, 0.29) is 12.8 Å². The Morgan fingerprint density at radius 1 is 0.679 bits per heavy atom. The molecule has 0 aliphatic rings. The second-order valence-corrected chi connectivity index (χ2v) is 8.34. The molecule has 0 aromatic carbocycles. The summed E-state index contributed by atoms with van der Waals surface area (Å²) in [6.07, 6.45) is 14.9. The first kappa shape index (κ1) is 26.9. The maximum atomic E-state index is 11.5. The summed E-state index contributed by atoms with van der Waals surface area (Å²) in [5, 5.41) is 29.3. The third kappa shape index (κ3) is 13.1. The quantitative estimate of drug-likeness (QED) is 0.212. The Kier molecular flexibility index (Phi) is 16.2. The fourth-order valence-electron chi connectivity index (χ4n) is 3.74. The number of rotatable bonds is 20. The molecule has 0 heterocycles. The van der Waals surface area contributed by atoms with Crippen molar-refractivity contribution in [1.82, 2.24) is 0 Å². The fourth-order valence-corrected chi connectivity index (χ4v) is 3.74. The van der Waals surface area contributed by atoms with Gasteiger partial charge in [-0.25, -0.2) is 4.79 Å². The molecule has 0 aliphatic carbocycles.